The lowest BCUT2D eigenvalue weighted by Gasteiger charge is -2.14. The lowest BCUT2D eigenvalue weighted by atomic mass is 10.1. The predicted molar refractivity (Wildman–Crippen MR) is 90.2 cm³/mol. The van der Waals surface area contributed by atoms with E-state index in [0.29, 0.717) is 6.54 Å². The summed E-state index contributed by atoms with van der Waals surface area (Å²) in [6.45, 7) is 0.319. The highest BCUT2D eigenvalue weighted by molar-refractivity contribution is 7.89. The number of hydrogen-bond donors (Lipinski definition) is 2. The first-order valence-electron chi connectivity index (χ1n) is 7.95. The number of alkyl halides is 3. The summed E-state index contributed by atoms with van der Waals surface area (Å²) in [5.74, 6) is -0.934. The molecule has 0 radical (unpaired) electrons. The Balaban J connectivity index is 1.63. The minimum Gasteiger partial charge on any atom is -0.404 e. The molecule has 1 aliphatic rings. The fraction of sp³-hybridized carbons (Fsp3) is 0.294. The topological polar surface area (TPSA) is 81.4 Å². The van der Waals surface area contributed by atoms with E-state index in [4.69, 9.17) is 5.14 Å². The van der Waals surface area contributed by atoms with Gasteiger partial charge in [0, 0.05) is 12.6 Å². The molecular formula is C17H16F4N2O3S. The summed E-state index contributed by atoms with van der Waals surface area (Å²) < 4.78 is 77.1. The minimum absolute atomic E-state index is 0.00952. The van der Waals surface area contributed by atoms with Gasteiger partial charge in [-0.05, 0) is 48.1 Å². The van der Waals surface area contributed by atoms with Gasteiger partial charge in [0.1, 0.15) is 5.82 Å². The molecule has 0 aromatic heterocycles. The summed E-state index contributed by atoms with van der Waals surface area (Å²) in [4.78, 5) is 0.00952. The van der Waals surface area contributed by atoms with E-state index in [9.17, 15) is 26.0 Å². The molecule has 5 nitrogen and oxygen atoms in total. The van der Waals surface area contributed by atoms with E-state index in [1.165, 1.54) is 12.1 Å². The highest BCUT2D eigenvalue weighted by Gasteiger charge is 2.38. The normalized spacial score (nSPS) is 19.6. The van der Waals surface area contributed by atoms with Gasteiger partial charge in [0.25, 0.3) is 0 Å². The van der Waals surface area contributed by atoms with Crippen LogP contribution in [0.4, 0.5) is 23.2 Å². The third-order valence-electron chi connectivity index (χ3n) is 4.28. The molecule has 1 saturated carbocycles. The molecule has 1 aliphatic carbocycles. The van der Waals surface area contributed by atoms with Gasteiger partial charge in [0.15, 0.2) is 5.75 Å². The van der Waals surface area contributed by atoms with Crippen LogP contribution in [0.5, 0.6) is 5.75 Å². The van der Waals surface area contributed by atoms with E-state index in [-0.39, 0.29) is 22.4 Å². The van der Waals surface area contributed by atoms with E-state index >= 15 is 0 Å². The van der Waals surface area contributed by atoms with Gasteiger partial charge in [0.2, 0.25) is 10.0 Å². The number of rotatable bonds is 6. The quantitative estimate of drug-likeness (QED) is 0.721. The van der Waals surface area contributed by atoms with Gasteiger partial charge in [-0.3, -0.25) is 0 Å². The fourth-order valence-corrected chi connectivity index (χ4v) is 3.40. The van der Waals surface area contributed by atoms with E-state index in [2.05, 4.69) is 10.1 Å². The smallest absolute Gasteiger partial charge is 0.404 e. The van der Waals surface area contributed by atoms with Crippen molar-refractivity contribution in [3.05, 3.63) is 53.8 Å². The van der Waals surface area contributed by atoms with Crippen molar-refractivity contribution in [3.8, 4) is 5.75 Å². The van der Waals surface area contributed by atoms with Gasteiger partial charge < -0.3 is 10.1 Å². The van der Waals surface area contributed by atoms with Gasteiger partial charge in [-0.25, -0.2) is 17.9 Å². The van der Waals surface area contributed by atoms with Crippen molar-refractivity contribution < 1.29 is 30.7 Å². The van der Waals surface area contributed by atoms with E-state index in [1.807, 2.05) is 0 Å². The summed E-state index contributed by atoms with van der Waals surface area (Å²) in [6, 6.07) is 8.89. The van der Waals surface area contributed by atoms with Gasteiger partial charge in [-0.15, -0.1) is 13.2 Å². The van der Waals surface area contributed by atoms with Crippen molar-refractivity contribution in [2.45, 2.75) is 23.6 Å². The lowest BCUT2D eigenvalue weighted by Crippen LogP contribution is -2.18. The number of anilines is 1. The average Bonchev–Trinajstić information content (AvgIpc) is 3.33. The second-order valence-corrected chi connectivity index (χ2v) is 7.85. The highest BCUT2D eigenvalue weighted by Crippen LogP contribution is 2.47. The maximum Gasteiger partial charge on any atom is 0.573 e. The summed E-state index contributed by atoms with van der Waals surface area (Å²) in [7, 11) is -3.76. The number of nitrogens with two attached hydrogens (primary N) is 1. The molecule has 3 N–H and O–H groups in total. The standard InChI is InChI=1S/C17H16F4N2O3S/c18-12-3-6-16(26-17(19,20)21)15(8-12)23-9-11-7-14(11)10-1-4-13(5-2-10)27(22,24)25/h1-6,8,11,14,23H,7,9H2,(H2,22,24,25)/t11-,14-/m1/s1. The van der Waals surface area contributed by atoms with Crippen molar-refractivity contribution in [2.24, 2.45) is 11.1 Å². The SMILES string of the molecule is NS(=O)(=O)c1ccc([C@H]2C[C@@H]2CNc2cc(F)ccc2OC(F)(F)F)cc1. The number of nitrogens with one attached hydrogen (secondary N) is 1. The number of benzene rings is 2. The minimum atomic E-state index is -4.87. The molecule has 27 heavy (non-hydrogen) atoms. The molecule has 0 spiro atoms. The molecule has 3 rings (SSSR count). The van der Waals surface area contributed by atoms with Crippen LogP contribution in [0.3, 0.4) is 0 Å². The maximum absolute atomic E-state index is 13.4. The number of ether oxygens (including phenoxy) is 1. The molecule has 10 heteroatoms. The molecule has 0 bridgehead atoms. The third-order valence-corrected chi connectivity index (χ3v) is 5.21. The molecule has 2 atom stereocenters. The molecule has 146 valence electrons. The predicted octanol–water partition coefficient (Wildman–Crippen LogP) is 3.59. The molecule has 2 aromatic carbocycles. The number of hydrogen-bond acceptors (Lipinski definition) is 4. The van der Waals surface area contributed by atoms with Crippen molar-refractivity contribution in [1.82, 2.24) is 0 Å². The zero-order valence-corrected chi connectivity index (χ0v) is 14.6. The van der Waals surface area contributed by atoms with E-state index in [1.54, 1.807) is 12.1 Å². The summed E-state index contributed by atoms with van der Waals surface area (Å²) >= 11 is 0. The van der Waals surface area contributed by atoms with Crippen LogP contribution in [0.1, 0.15) is 17.9 Å². The molecule has 0 aliphatic heterocycles. The molecule has 1 fully saturated rings. The Bertz CT molecular complexity index is 930. The Kier molecular flexibility index (Phi) is 5.04. The zero-order chi connectivity index (χ0) is 19.8. The largest absolute Gasteiger partial charge is 0.573 e. The highest BCUT2D eigenvalue weighted by atomic mass is 32.2. The van der Waals surface area contributed by atoms with Gasteiger partial charge >= 0.3 is 6.36 Å². The Morgan fingerprint density at radius 2 is 1.81 bits per heavy atom. The molecule has 0 heterocycles. The first kappa shape index (κ1) is 19.4. The lowest BCUT2D eigenvalue weighted by molar-refractivity contribution is -0.274. The first-order chi connectivity index (χ1) is 12.5. The second kappa shape index (κ2) is 7.01. The van der Waals surface area contributed by atoms with Crippen LogP contribution in [0.2, 0.25) is 0 Å². The molecule has 0 saturated heterocycles. The number of halogens is 4. The molecule has 0 amide bonds. The summed E-state index contributed by atoms with van der Waals surface area (Å²) in [6.07, 6.45) is -4.10. The number of primary sulfonamides is 1. The van der Waals surface area contributed by atoms with Gasteiger partial charge in [-0.1, -0.05) is 12.1 Å². The van der Waals surface area contributed by atoms with Crippen LogP contribution in [0.25, 0.3) is 0 Å². The van der Waals surface area contributed by atoms with Crippen LogP contribution in [-0.2, 0) is 10.0 Å². The Morgan fingerprint density at radius 1 is 1.15 bits per heavy atom. The Labute approximate surface area is 153 Å². The summed E-state index contributed by atoms with van der Waals surface area (Å²) in [5.41, 5.74) is 0.822. The van der Waals surface area contributed by atoms with E-state index in [0.717, 1.165) is 30.2 Å². The molecule has 0 unspecified atom stereocenters. The Hall–Kier alpha value is -2.33. The third kappa shape index (κ3) is 5.10. The summed E-state index contributed by atoms with van der Waals surface area (Å²) in [5, 5.41) is 7.84. The van der Waals surface area contributed by atoms with Crippen molar-refractivity contribution >= 4 is 15.7 Å². The molecular weight excluding hydrogens is 388 g/mol. The number of sulfonamides is 1. The van der Waals surface area contributed by atoms with Crippen molar-refractivity contribution in [3.63, 3.8) is 0 Å². The van der Waals surface area contributed by atoms with Crippen LogP contribution in [-0.4, -0.2) is 21.3 Å². The van der Waals surface area contributed by atoms with Crippen LogP contribution >= 0.6 is 0 Å². The maximum atomic E-state index is 13.4. The fourth-order valence-electron chi connectivity index (χ4n) is 2.88. The monoisotopic (exact) mass is 404 g/mol. The second-order valence-electron chi connectivity index (χ2n) is 6.29. The molecule has 2 aromatic rings. The first-order valence-corrected chi connectivity index (χ1v) is 9.49. The van der Waals surface area contributed by atoms with Gasteiger partial charge in [-0.2, -0.15) is 0 Å². The van der Waals surface area contributed by atoms with Crippen LogP contribution < -0.4 is 15.2 Å². The van der Waals surface area contributed by atoms with Crippen molar-refractivity contribution in [2.75, 3.05) is 11.9 Å². The zero-order valence-electron chi connectivity index (χ0n) is 13.8. The van der Waals surface area contributed by atoms with Crippen LogP contribution in [0, 0.1) is 11.7 Å². The van der Waals surface area contributed by atoms with Crippen molar-refractivity contribution in [1.29, 1.82) is 0 Å². The van der Waals surface area contributed by atoms with Crippen LogP contribution in [0.15, 0.2) is 47.4 Å². The Morgan fingerprint density at radius 3 is 2.41 bits per heavy atom. The average molecular weight is 404 g/mol. The van der Waals surface area contributed by atoms with E-state index < -0.39 is 28.0 Å². The van der Waals surface area contributed by atoms with Gasteiger partial charge in [0.05, 0.1) is 10.6 Å².